The summed E-state index contributed by atoms with van der Waals surface area (Å²) in [6.45, 7) is 7.28. The summed E-state index contributed by atoms with van der Waals surface area (Å²) in [6.07, 6.45) is 0. The topological polar surface area (TPSA) is 76.0 Å². The van der Waals surface area contributed by atoms with Crippen LogP contribution in [-0.4, -0.2) is 9.97 Å². The van der Waals surface area contributed by atoms with Gasteiger partial charge in [-0.05, 0) is 59.0 Å². The Kier molecular flexibility index (Phi) is 4.89. The van der Waals surface area contributed by atoms with Crippen molar-refractivity contribution in [3.63, 3.8) is 0 Å². The van der Waals surface area contributed by atoms with Crippen LogP contribution in [0, 0.1) is 0 Å². The maximum absolute atomic E-state index is 5.96. The monoisotopic (exact) mass is 386 g/mol. The number of fused-ring (bicyclic) bond motifs is 1. The highest BCUT2D eigenvalue weighted by molar-refractivity contribution is 5.80. The van der Waals surface area contributed by atoms with Gasteiger partial charge in [-0.1, -0.05) is 45.0 Å². The second kappa shape index (κ2) is 7.51. The zero-order valence-corrected chi connectivity index (χ0v) is 17.0. The van der Waals surface area contributed by atoms with Crippen molar-refractivity contribution in [2.45, 2.75) is 32.7 Å². The molecule has 0 aliphatic carbocycles. The van der Waals surface area contributed by atoms with E-state index < -0.39 is 0 Å². The van der Waals surface area contributed by atoms with Gasteiger partial charge in [0.25, 0.3) is 0 Å². The third kappa shape index (κ3) is 4.51. The van der Waals surface area contributed by atoms with Crippen molar-refractivity contribution in [1.29, 1.82) is 0 Å². The molecule has 3 aromatic carbocycles. The van der Waals surface area contributed by atoms with Crippen LogP contribution in [0.3, 0.4) is 0 Å². The molecule has 0 atom stereocenters. The Morgan fingerprint density at radius 1 is 0.931 bits per heavy atom. The Morgan fingerprint density at radius 3 is 2.24 bits per heavy atom. The standard InChI is InChI=1S/C24H26N4O/c1-24(2,3)17-6-11-20(12-7-17)29-19-9-4-16(5-10-19)15-26-23-27-21-13-8-18(25)14-22(21)28-23/h4-14H,15,25H2,1-3H3,(H2,26,27,28). The number of nitrogens with two attached hydrogens (primary N) is 1. The van der Waals surface area contributed by atoms with Crippen molar-refractivity contribution in [2.75, 3.05) is 11.1 Å². The van der Waals surface area contributed by atoms with Crippen LogP contribution in [0.1, 0.15) is 31.9 Å². The number of benzene rings is 3. The van der Waals surface area contributed by atoms with E-state index in [-0.39, 0.29) is 5.41 Å². The Labute approximate surface area is 170 Å². The second-order valence-electron chi connectivity index (χ2n) is 8.24. The molecule has 0 saturated heterocycles. The van der Waals surface area contributed by atoms with Crippen molar-refractivity contribution in [1.82, 2.24) is 9.97 Å². The van der Waals surface area contributed by atoms with E-state index in [1.807, 2.05) is 54.6 Å². The van der Waals surface area contributed by atoms with E-state index in [2.05, 4.69) is 48.2 Å². The van der Waals surface area contributed by atoms with Gasteiger partial charge in [0.15, 0.2) is 0 Å². The van der Waals surface area contributed by atoms with E-state index in [9.17, 15) is 0 Å². The average molecular weight is 386 g/mol. The van der Waals surface area contributed by atoms with E-state index in [4.69, 9.17) is 10.5 Å². The second-order valence-corrected chi connectivity index (χ2v) is 8.24. The van der Waals surface area contributed by atoms with Crippen LogP contribution in [0.15, 0.2) is 66.7 Å². The van der Waals surface area contributed by atoms with Gasteiger partial charge < -0.3 is 20.8 Å². The molecule has 4 aromatic rings. The smallest absolute Gasteiger partial charge is 0.201 e. The Bertz CT molecular complexity index is 1110. The summed E-state index contributed by atoms with van der Waals surface area (Å²) >= 11 is 0. The Balaban J connectivity index is 1.37. The first-order valence-electron chi connectivity index (χ1n) is 9.73. The quantitative estimate of drug-likeness (QED) is 0.376. The molecule has 1 heterocycles. The minimum absolute atomic E-state index is 0.139. The van der Waals surface area contributed by atoms with Crippen molar-refractivity contribution in [2.24, 2.45) is 0 Å². The molecule has 0 aliphatic heterocycles. The van der Waals surface area contributed by atoms with Gasteiger partial charge in [0.1, 0.15) is 11.5 Å². The number of anilines is 2. The van der Waals surface area contributed by atoms with Crippen molar-refractivity contribution < 1.29 is 4.74 Å². The summed E-state index contributed by atoms with van der Waals surface area (Å²) in [7, 11) is 0. The van der Waals surface area contributed by atoms with Crippen LogP contribution in [-0.2, 0) is 12.0 Å². The molecule has 0 radical (unpaired) electrons. The van der Waals surface area contributed by atoms with Crippen LogP contribution in [0.5, 0.6) is 11.5 Å². The highest BCUT2D eigenvalue weighted by Gasteiger charge is 2.13. The Hall–Kier alpha value is -3.47. The number of aromatic amines is 1. The van der Waals surface area contributed by atoms with Gasteiger partial charge in [0, 0.05) is 12.2 Å². The zero-order valence-electron chi connectivity index (χ0n) is 17.0. The van der Waals surface area contributed by atoms with Crippen molar-refractivity contribution >= 4 is 22.7 Å². The summed E-state index contributed by atoms with van der Waals surface area (Å²) in [6, 6.07) is 22.0. The zero-order chi connectivity index (χ0) is 20.4. The largest absolute Gasteiger partial charge is 0.457 e. The molecule has 4 rings (SSSR count). The lowest BCUT2D eigenvalue weighted by atomic mass is 9.87. The van der Waals surface area contributed by atoms with Gasteiger partial charge in [-0.25, -0.2) is 4.98 Å². The molecule has 0 unspecified atom stereocenters. The molecule has 0 fully saturated rings. The number of nitrogens with one attached hydrogen (secondary N) is 2. The molecule has 4 N–H and O–H groups in total. The fraction of sp³-hybridized carbons (Fsp3) is 0.208. The number of nitrogen functional groups attached to an aromatic ring is 1. The van der Waals surface area contributed by atoms with E-state index in [1.54, 1.807) is 0 Å². The molecule has 5 nitrogen and oxygen atoms in total. The summed E-state index contributed by atoms with van der Waals surface area (Å²) in [5.74, 6) is 2.38. The molecule has 0 bridgehead atoms. The first kappa shape index (κ1) is 18.9. The van der Waals surface area contributed by atoms with Crippen LogP contribution < -0.4 is 15.8 Å². The number of ether oxygens (including phenoxy) is 1. The van der Waals surface area contributed by atoms with Gasteiger partial charge in [-0.2, -0.15) is 0 Å². The average Bonchev–Trinajstić information content (AvgIpc) is 3.09. The molecular weight excluding hydrogens is 360 g/mol. The van der Waals surface area contributed by atoms with Crippen LogP contribution >= 0.6 is 0 Å². The summed E-state index contributed by atoms with van der Waals surface area (Å²) in [5.41, 5.74) is 10.9. The molecule has 0 aliphatic rings. The first-order chi connectivity index (χ1) is 13.9. The predicted molar refractivity (Wildman–Crippen MR) is 119 cm³/mol. The maximum atomic E-state index is 5.96. The third-order valence-electron chi connectivity index (χ3n) is 4.85. The Morgan fingerprint density at radius 2 is 1.59 bits per heavy atom. The van der Waals surface area contributed by atoms with Crippen molar-refractivity contribution in [3.05, 3.63) is 77.9 Å². The molecule has 0 amide bonds. The lowest BCUT2D eigenvalue weighted by molar-refractivity contribution is 0.481. The SMILES string of the molecule is CC(C)(C)c1ccc(Oc2ccc(CNc3nc4ccc(N)cc4[nH]3)cc2)cc1. The molecule has 29 heavy (non-hydrogen) atoms. The highest BCUT2D eigenvalue weighted by atomic mass is 16.5. The summed E-state index contributed by atoms with van der Waals surface area (Å²) < 4.78 is 5.96. The molecular formula is C24H26N4O. The summed E-state index contributed by atoms with van der Waals surface area (Å²) in [5, 5.41) is 3.31. The molecule has 1 aromatic heterocycles. The van der Waals surface area contributed by atoms with Crippen molar-refractivity contribution in [3.8, 4) is 11.5 Å². The number of hydrogen-bond acceptors (Lipinski definition) is 4. The van der Waals surface area contributed by atoms with E-state index in [0.717, 1.165) is 39.7 Å². The fourth-order valence-corrected chi connectivity index (χ4v) is 3.13. The third-order valence-corrected chi connectivity index (χ3v) is 4.85. The van der Waals surface area contributed by atoms with Gasteiger partial charge >= 0.3 is 0 Å². The lowest BCUT2D eigenvalue weighted by Gasteiger charge is -2.19. The fourth-order valence-electron chi connectivity index (χ4n) is 3.13. The minimum Gasteiger partial charge on any atom is -0.457 e. The molecule has 5 heteroatoms. The van der Waals surface area contributed by atoms with E-state index in [1.165, 1.54) is 5.56 Å². The normalized spacial score (nSPS) is 11.6. The number of rotatable bonds is 5. The first-order valence-corrected chi connectivity index (χ1v) is 9.73. The van der Waals surface area contributed by atoms with Crippen LogP contribution in [0.2, 0.25) is 0 Å². The van der Waals surface area contributed by atoms with Gasteiger partial charge in [0.2, 0.25) is 5.95 Å². The van der Waals surface area contributed by atoms with E-state index in [0.29, 0.717) is 6.54 Å². The van der Waals surface area contributed by atoms with Gasteiger partial charge in [-0.15, -0.1) is 0 Å². The molecule has 0 spiro atoms. The van der Waals surface area contributed by atoms with Crippen LogP contribution in [0.25, 0.3) is 11.0 Å². The van der Waals surface area contributed by atoms with Crippen LogP contribution in [0.4, 0.5) is 11.6 Å². The molecule has 148 valence electrons. The minimum atomic E-state index is 0.139. The number of aromatic nitrogens is 2. The lowest BCUT2D eigenvalue weighted by Crippen LogP contribution is -2.10. The predicted octanol–water partition coefficient (Wildman–Crippen LogP) is 5.85. The number of H-pyrrole nitrogens is 1. The van der Waals surface area contributed by atoms with Gasteiger partial charge in [0.05, 0.1) is 11.0 Å². The number of imidazole rings is 1. The maximum Gasteiger partial charge on any atom is 0.201 e. The number of hydrogen-bond donors (Lipinski definition) is 3. The van der Waals surface area contributed by atoms with E-state index >= 15 is 0 Å². The molecule has 0 saturated carbocycles. The summed E-state index contributed by atoms with van der Waals surface area (Å²) in [4.78, 5) is 7.76. The van der Waals surface area contributed by atoms with Gasteiger partial charge in [-0.3, -0.25) is 0 Å². The number of nitrogens with zero attached hydrogens (tertiary/aromatic N) is 1. The highest BCUT2D eigenvalue weighted by Crippen LogP contribution is 2.27.